The lowest BCUT2D eigenvalue weighted by molar-refractivity contribution is -0.245. The van der Waals surface area contributed by atoms with E-state index in [0.717, 1.165) is 44.2 Å². The van der Waals surface area contributed by atoms with Crippen molar-refractivity contribution in [2.24, 2.45) is 22.7 Å². The Labute approximate surface area is 408 Å². The molecule has 4 fully saturated rings. The highest BCUT2D eigenvalue weighted by atomic mass is 33.1. The molecular weight excluding hydrogens is 907 g/mol. The van der Waals surface area contributed by atoms with Crippen LogP contribution in [0.3, 0.4) is 0 Å². The van der Waals surface area contributed by atoms with E-state index in [0.29, 0.717) is 91.3 Å². The van der Waals surface area contributed by atoms with Crippen molar-refractivity contribution >= 4 is 51.4 Å². The van der Waals surface area contributed by atoms with Gasteiger partial charge in [0.05, 0.1) is 61.2 Å². The number of unbranched alkanes of at least 4 members (excludes halogenated alkanes) is 2. The second kappa shape index (κ2) is 22.9. The van der Waals surface area contributed by atoms with Crippen molar-refractivity contribution in [3.63, 3.8) is 0 Å². The van der Waals surface area contributed by atoms with Crippen molar-refractivity contribution in [1.29, 1.82) is 0 Å². The van der Waals surface area contributed by atoms with E-state index in [2.05, 4.69) is 65.9 Å². The number of rotatable bonds is 21. The van der Waals surface area contributed by atoms with Gasteiger partial charge in [0.2, 0.25) is 11.7 Å². The van der Waals surface area contributed by atoms with Crippen LogP contribution in [0.1, 0.15) is 84.5 Å². The Hall–Kier alpha value is -4.57. The maximum Gasteiger partial charge on any atom is 0.256 e. The molecule has 3 aliphatic carbocycles. The molecule has 366 valence electrons. The summed E-state index contributed by atoms with van der Waals surface area (Å²) in [7, 11) is 6.53. The largest absolute Gasteiger partial charge is 0.489 e. The molecule has 0 spiro atoms. The van der Waals surface area contributed by atoms with E-state index < -0.39 is 28.9 Å². The SMILES string of the molecule is COC/C=C1/C(=O)N2C(C\C=N/C1=C/COCCCCCOC1=C(OC)C#CC3C(=O)N4C(CC5CC=CC54)CN(C(C)(C)SSCCCC(O)ON4C(=O)CCC4=O)C3=C1)CC1C=CC=CC12. The first kappa shape index (κ1) is 49.8. The zero-order valence-electron chi connectivity index (χ0n) is 39.6. The van der Waals surface area contributed by atoms with Crippen molar-refractivity contribution in [2.45, 2.75) is 120 Å². The van der Waals surface area contributed by atoms with Crippen LogP contribution in [0.2, 0.25) is 0 Å². The third-order valence-electron chi connectivity index (χ3n) is 13.8. The Morgan fingerprint density at radius 1 is 0.926 bits per heavy atom. The van der Waals surface area contributed by atoms with Gasteiger partial charge in [-0.25, -0.2) is 4.84 Å². The lowest BCUT2D eigenvalue weighted by atomic mass is 9.94. The highest BCUT2D eigenvalue weighted by Gasteiger charge is 2.52. The standard InChI is InChI=1S/C51H65N5O10S2/c1-51(2,68-67-29-11-16-48(59)66-56-46(57)19-20-47(56)58)53-33-37-31-35-13-10-15-42(35)55(37)50(61)39-17-18-44(63-4)45(32-43(39)53)65-26-9-5-8-25-64-28-23-40-38(22-27-62-3)49(60)54-36(21-24-52-40)30-34-12-6-7-14-41(34)54/h6-7,10,12,14-15,22-24,32,34-37,39,41-42,48,59H,5,8-9,11,13,16,19-21,25-31,33H2,1-4H3/b38-22+,40-23+,52-24-. The van der Waals surface area contributed by atoms with Gasteiger partial charge in [0, 0.05) is 81.6 Å². The van der Waals surface area contributed by atoms with Gasteiger partial charge in [-0.2, -0.15) is 5.06 Å². The molecule has 17 heteroatoms. The molecule has 5 heterocycles. The summed E-state index contributed by atoms with van der Waals surface area (Å²) in [5, 5.41) is 11.1. The molecule has 0 aromatic heterocycles. The van der Waals surface area contributed by atoms with Crippen molar-refractivity contribution in [1.82, 2.24) is 19.8 Å². The van der Waals surface area contributed by atoms with Crippen LogP contribution in [-0.2, 0) is 43.0 Å². The number of fused-ring (bicyclic) bond motifs is 7. The number of hydrogen-bond donors (Lipinski definition) is 1. The highest BCUT2D eigenvalue weighted by molar-refractivity contribution is 8.77. The van der Waals surface area contributed by atoms with Gasteiger partial charge in [-0.1, -0.05) is 64.0 Å². The van der Waals surface area contributed by atoms with E-state index in [1.807, 2.05) is 35.4 Å². The molecule has 8 atom stereocenters. The summed E-state index contributed by atoms with van der Waals surface area (Å²) in [4.78, 5) is 68.4. The number of aliphatic imine (C=N–C) groups is 1. The van der Waals surface area contributed by atoms with Gasteiger partial charge in [-0.3, -0.25) is 24.2 Å². The van der Waals surface area contributed by atoms with Crippen molar-refractivity contribution in [3.05, 3.63) is 83.2 Å². The molecule has 8 unspecified atom stereocenters. The van der Waals surface area contributed by atoms with Crippen LogP contribution >= 0.6 is 21.6 Å². The predicted octanol–water partition coefficient (Wildman–Crippen LogP) is 6.37. The van der Waals surface area contributed by atoms with E-state index in [1.165, 1.54) is 0 Å². The Balaban J connectivity index is 0.861. The minimum Gasteiger partial charge on any atom is -0.489 e. The van der Waals surface area contributed by atoms with E-state index in [9.17, 15) is 24.3 Å². The van der Waals surface area contributed by atoms with Gasteiger partial charge in [0.15, 0.2) is 12.0 Å². The number of allylic oxidation sites excluding steroid dienone is 5. The first-order valence-electron chi connectivity index (χ1n) is 24.1. The van der Waals surface area contributed by atoms with Crippen LogP contribution in [0.5, 0.6) is 0 Å². The fraction of sp³-hybridized carbons (Fsp3) is 0.588. The Bertz CT molecular complexity index is 2220. The van der Waals surface area contributed by atoms with Crippen LogP contribution in [0, 0.1) is 29.6 Å². The second-order valence-electron chi connectivity index (χ2n) is 18.7. The number of hydroxylamine groups is 2. The molecule has 8 rings (SSSR count). The smallest absolute Gasteiger partial charge is 0.256 e. The predicted molar refractivity (Wildman–Crippen MR) is 260 cm³/mol. The van der Waals surface area contributed by atoms with Crippen LogP contribution in [0.25, 0.3) is 0 Å². The number of aliphatic hydroxyl groups excluding tert-OH is 1. The van der Waals surface area contributed by atoms with Gasteiger partial charge in [-0.05, 0) is 82.8 Å². The van der Waals surface area contributed by atoms with Gasteiger partial charge in [0.1, 0.15) is 5.92 Å². The first-order valence-corrected chi connectivity index (χ1v) is 26.4. The van der Waals surface area contributed by atoms with Gasteiger partial charge >= 0.3 is 0 Å². The maximum absolute atomic E-state index is 14.6. The van der Waals surface area contributed by atoms with Crippen LogP contribution < -0.4 is 0 Å². The van der Waals surface area contributed by atoms with Crippen molar-refractivity contribution in [2.75, 3.05) is 52.9 Å². The summed E-state index contributed by atoms with van der Waals surface area (Å²) in [6, 6.07) is 0.232. The maximum atomic E-state index is 14.6. The number of aliphatic hydroxyl groups is 1. The van der Waals surface area contributed by atoms with Gasteiger partial charge in [-0.15, -0.1) is 0 Å². The zero-order valence-corrected chi connectivity index (χ0v) is 41.2. The summed E-state index contributed by atoms with van der Waals surface area (Å²) < 4.78 is 23.6. The van der Waals surface area contributed by atoms with E-state index >= 15 is 0 Å². The number of methoxy groups -OCH3 is 2. The summed E-state index contributed by atoms with van der Waals surface area (Å²) >= 11 is 0. The first-order chi connectivity index (χ1) is 33.0. The molecule has 1 N–H and O–H groups in total. The summed E-state index contributed by atoms with van der Waals surface area (Å²) in [6.07, 6.45) is 26.1. The fourth-order valence-corrected chi connectivity index (χ4v) is 13.1. The van der Waals surface area contributed by atoms with Crippen molar-refractivity contribution in [3.8, 4) is 11.8 Å². The van der Waals surface area contributed by atoms with Gasteiger partial charge < -0.3 is 38.8 Å². The molecular formula is C51H65N5O10S2. The molecule has 5 aliphatic heterocycles. The molecule has 68 heavy (non-hydrogen) atoms. The number of carbonyl (C=O) groups is 4. The third kappa shape index (κ3) is 11.2. The molecule has 8 aliphatic rings. The quantitative estimate of drug-likeness (QED) is 0.0258. The lowest BCUT2D eigenvalue weighted by Crippen LogP contribution is -2.46. The summed E-state index contributed by atoms with van der Waals surface area (Å²) in [6.45, 7) is 6.52. The minimum atomic E-state index is -1.26. The normalized spacial score (nSPS) is 29.5. The minimum absolute atomic E-state index is 0.00289. The number of ether oxygens (including phenoxy) is 4. The average Bonchev–Trinajstić information content (AvgIpc) is 4.05. The zero-order chi connectivity index (χ0) is 47.8. The molecule has 0 radical (unpaired) electrons. The van der Waals surface area contributed by atoms with E-state index in [4.69, 9.17) is 28.8 Å². The third-order valence-corrected chi connectivity index (χ3v) is 17.0. The molecule has 0 bridgehead atoms. The number of nitrogens with zero attached hydrogens (tertiary/aromatic N) is 5. The van der Waals surface area contributed by atoms with Crippen LogP contribution in [-0.4, -0.2) is 143 Å². The Kier molecular flexibility index (Phi) is 16.8. The fourth-order valence-electron chi connectivity index (χ4n) is 10.4. The lowest BCUT2D eigenvalue weighted by Gasteiger charge is -2.42. The molecule has 15 nitrogen and oxygen atoms in total. The monoisotopic (exact) mass is 971 g/mol. The summed E-state index contributed by atoms with van der Waals surface area (Å²) in [5.74, 6) is 7.14. The topological polar surface area (TPSA) is 160 Å². The van der Waals surface area contributed by atoms with Crippen LogP contribution in [0.15, 0.2) is 88.2 Å². The Morgan fingerprint density at radius 3 is 2.54 bits per heavy atom. The number of amides is 4. The summed E-state index contributed by atoms with van der Waals surface area (Å²) in [5.41, 5.74) is 1.93. The molecule has 0 aromatic rings. The number of carbonyl (C=O) groups excluding carboxylic acids is 4. The van der Waals surface area contributed by atoms with Crippen LogP contribution in [0.4, 0.5) is 0 Å². The van der Waals surface area contributed by atoms with E-state index in [-0.39, 0.29) is 55.2 Å². The molecule has 0 saturated carbocycles. The van der Waals surface area contributed by atoms with Crippen molar-refractivity contribution < 1.29 is 48.1 Å². The Morgan fingerprint density at radius 2 is 1.74 bits per heavy atom. The van der Waals surface area contributed by atoms with E-state index in [1.54, 1.807) is 35.8 Å². The van der Waals surface area contributed by atoms with Gasteiger partial charge in [0.25, 0.3) is 17.7 Å². The average molecular weight is 972 g/mol. The second-order valence-corrected chi connectivity index (χ2v) is 21.7. The molecule has 4 saturated heterocycles. The molecule has 4 amide bonds. The number of imide groups is 1. The molecule has 0 aromatic carbocycles. The number of hydrogen-bond acceptors (Lipinski definition) is 14. The highest BCUT2D eigenvalue weighted by Crippen LogP contribution is 2.48.